The lowest BCUT2D eigenvalue weighted by molar-refractivity contribution is -0.120. The van der Waals surface area contributed by atoms with Crippen LogP contribution in [0.15, 0.2) is 67.0 Å². The van der Waals surface area contributed by atoms with Gasteiger partial charge in [-0.25, -0.2) is 4.39 Å². The summed E-state index contributed by atoms with van der Waals surface area (Å²) in [5.74, 6) is -0.367. The Kier molecular flexibility index (Phi) is 4.47. The van der Waals surface area contributed by atoms with Crippen LogP contribution in [0.2, 0.25) is 0 Å². The highest BCUT2D eigenvalue weighted by atomic mass is 19.1. The lowest BCUT2D eigenvalue weighted by Gasteiger charge is -2.10. The highest BCUT2D eigenvalue weighted by Gasteiger charge is 2.09. The fourth-order valence-corrected chi connectivity index (χ4v) is 2.33. The number of hydrogen-bond donors (Lipinski definition) is 1. The lowest BCUT2D eigenvalue weighted by atomic mass is 10.2. The molecule has 1 amide bonds. The molecule has 5 heteroatoms. The standard InChI is InChI=1S/C18H16FN3O/c19-14-6-8-16(9-7-14)22-11-3-5-17(22)12-18(23)21-13-15-4-1-2-10-20-15/h1-11H,12-13H2,(H,21,23). The van der Waals surface area contributed by atoms with Crippen LogP contribution in [0.5, 0.6) is 0 Å². The average molecular weight is 309 g/mol. The Morgan fingerprint density at radius 1 is 1.09 bits per heavy atom. The monoisotopic (exact) mass is 309 g/mol. The third-order valence-electron chi connectivity index (χ3n) is 3.47. The van der Waals surface area contributed by atoms with E-state index in [0.717, 1.165) is 17.1 Å². The second-order valence-corrected chi connectivity index (χ2v) is 5.12. The van der Waals surface area contributed by atoms with E-state index in [2.05, 4.69) is 10.3 Å². The maximum atomic E-state index is 13.0. The molecule has 0 bridgehead atoms. The molecule has 3 aromatic rings. The van der Waals surface area contributed by atoms with Crippen molar-refractivity contribution < 1.29 is 9.18 Å². The van der Waals surface area contributed by atoms with Gasteiger partial charge in [-0.3, -0.25) is 9.78 Å². The average Bonchev–Trinajstić information content (AvgIpc) is 3.03. The molecule has 0 fully saturated rings. The molecule has 0 atom stereocenters. The summed E-state index contributed by atoms with van der Waals surface area (Å²) in [6.45, 7) is 0.400. The Hall–Kier alpha value is -2.95. The molecule has 0 saturated heterocycles. The summed E-state index contributed by atoms with van der Waals surface area (Å²) < 4.78 is 14.9. The number of nitrogens with one attached hydrogen (secondary N) is 1. The first kappa shape index (κ1) is 15.0. The minimum atomic E-state index is -0.282. The van der Waals surface area contributed by atoms with Crippen LogP contribution in [-0.2, 0) is 17.8 Å². The number of benzene rings is 1. The summed E-state index contributed by atoms with van der Waals surface area (Å²) in [7, 11) is 0. The molecule has 23 heavy (non-hydrogen) atoms. The summed E-state index contributed by atoms with van der Waals surface area (Å²) in [6, 6.07) is 15.5. The predicted octanol–water partition coefficient (Wildman–Crippen LogP) is 2.87. The lowest BCUT2D eigenvalue weighted by Crippen LogP contribution is -2.25. The molecule has 0 aliphatic carbocycles. The molecule has 116 valence electrons. The van der Waals surface area contributed by atoms with Gasteiger partial charge in [0.05, 0.1) is 18.7 Å². The molecule has 3 rings (SSSR count). The summed E-state index contributed by atoms with van der Waals surface area (Å²) >= 11 is 0. The van der Waals surface area contributed by atoms with Crippen molar-refractivity contribution >= 4 is 5.91 Å². The molecule has 0 spiro atoms. The highest BCUT2D eigenvalue weighted by Crippen LogP contribution is 2.14. The van der Waals surface area contributed by atoms with Gasteiger partial charge in [-0.2, -0.15) is 0 Å². The molecule has 1 aromatic carbocycles. The molecule has 0 aliphatic rings. The van der Waals surface area contributed by atoms with Crippen LogP contribution in [0.25, 0.3) is 5.69 Å². The fourth-order valence-electron chi connectivity index (χ4n) is 2.33. The van der Waals surface area contributed by atoms with Gasteiger partial charge in [0.25, 0.3) is 0 Å². The molecule has 0 saturated carbocycles. The van der Waals surface area contributed by atoms with E-state index in [9.17, 15) is 9.18 Å². The van der Waals surface area contributed by atoms with Gasteiger partial charge in [0, 0.05) is 23.8 Å². The van der Waals surface area contributed by atoms with Gasteiger partial charge < -0.3 is 9.88 Å². The summed E-state index contributed by atoms with van der Waals surface area (Å²) in [5.41, 5.74) is 2.48. The Balaban J connectivity index is 1.65. The van der Waals surface area contributed by atoms with Gasteiger partial charge >= 0.3 is 0 Å². The Morgan fingerprint density at radius 2 is 1.91 bits per heavy atom. The van der Waals surface area contributed by atoms with Crippen LogP contribution in [0.1, 0.15) is 11.4 Å². The van der Waals surface area contributed by atoms with E-state index in [4.69, 9.17) is 0 Å². The number of halogens is 1. The van der Waals surface area contributed by atoms with Gasteiger partial charge in [0.1, 0.15) is 5.82 Å². The van der Waals surface area contributed by atoms with E-state index in [-0.39, 0.29) is 18.1 Å². The first-order chi connectivity index (χ1) is 11.2. The third kappa shape index (κ3) is 3.83. The number of aromatic nitrogens is 2. The smallest absolute Gasteiger partial charge is 0.226 e. The molecular formula is C18H16FN3O. The normalized spacial score (nSPS) is 10.5. The molecule has 0 unspecified atom stereocenters. The largest absolute Gasteiger partial charge is 0.350 e. The van der Waals surface area contributed by atoms with Crippen molar-refractivity contribution in [2.45, 2.75) is 13.0 Å². The topological polar surface area (TPSA) is 46.9 Å². The zero-order chi connectivity index (χ0) is 16.1. The molecule has 2 aromatic heterocycles. The van der Waals surface area contributed by atoms with E-state index in [1.807, 2.05) is 41.1 Å². The van der Waals surface area contributed by atoms with E-state index < -0.39 is 0 Å². The summed E-state index contributed by atoms with van der Waals surface area (Å²) in [6.07, 6.45) is 3.80. The van der Waals surface area contributed by atoms with Crippen molar-refractivity contribution in [2.75, 3.05) is 0 Å². The molecule has 0 aliphatic heterocycles. The van der Waals surface area contributed by atoms with Gasteiger partial charge in [0.15, 0.2) is 0 Å². The zero-order valence-electron chi connectivity index (χ0n) is 12.4. The quantitative estimate of drug-likeness (QED) is 0.788. The number of carbonyl (C=O) groups is 1. The molecule has 4 nitrogen and oxygen atoms in total. The third-order valence-corrected chi connectivity index (χ3v) is 3.47. The van der Waals surface area contributed by atoms with E-state index >= 15 is 0 Å². The zero-order valence-corrected chi connectivity index (χ0v) is 12.4. The fraction of sp³-hybridized carbons (Fsp3) is 0.111. The Bertz CT molecular complexity index is 782. The van der Waals surface area contributed by atoms with Gasteiger partial charge in [0.2, 0.25) is 5.91 Å². The van der Waals surface area contributed by atoms with E-state index in [1.54, 1.807) is 18.3 Å². The predicted molar refractivity (Wildman–Crippen MR) is 85.5 cm³/mol. The van der Waals surface area contributed by atoms with E-state index in [1.165, 1.54) is 12.1 Å². The maximum absolute atomic E-state index is 13.0. The van der Waals surface area contributed by atoms with Crippen molar-refractivity contribution in [1.82, 2.24) is 14.9 Å². The van der Waals surface area contributed by atoms with Crippen LogP contribution < -0.4 is 5.32 Å². The van der Waals surface area contributed by atoms with Crippen molar-refractivity contribution in [3.63, 3.8) is 0 Å². The van der Waals surface area contributed by atoms with Crippen LogP contribution in [0.3, 0.4) is 0 Å². The minimum absolute atomic E-state index is 0.0854. The number of carbonyl (C=O) groups excluding carboxylic acids is 1. The number of rotatable bonds is 5. The Labute approximate surface area is 133 Å². The maximum Gasteiger partial charge on any atom is 0.226 e. The SMILES string of the molecule is O=C(Cc1cccn1-c1ccc(F)cc1)NCc1ccccn1. The molecule has 2 heterocycles. The summed E-state index contributed by atoms with van der Waals surface area (Å²) in [4.78, 5) is 16.3. The van der Waals surface area contributed by atoms with E-state index in [0.29, 0.717) is 6.54 Å². The second-order valence-electron chi connectivity index (χ2n) is 5.12. The number of amides is 1. The van der Waals surface area contributed by atoms with Crippen LogP contribution in [0.4, 0.5) is 4.39 Å². The minimum Gasteiger partial charge on any atom is -0.350 e. The van der Waals surface area contributed by atoms with Crippen LogP contribution >= 0.6 is 0 Å². The van der Waals surface area contributed by atoms with Crippen molar-refractivity contribution in [3.05, 3.63) is 84.2 Å². The van der Waals surface area contributed by atoms with Crippen LogP contribution in [0, 0.1) is 5.82 Å². The Morgan fingerprint density at radius 3 is 2.65 bits per heavy atom. The van der Waals surface area contributed by atoms with Crippen LogP contribution in [-0.4, -0.2) is 15.5 Å². The van der Waals surface area contributed by atoms with Crippen molar-refractivity contribution in [3.8, 4) is 5.69 Å². The first-order valence-corrected chi connectivity index (χ1v) is 7.31. The molecule has 1 N–H and O–H groups in total. The number of hydrogen-bond acceptors (Lipinski definition) is 2. The van der Waals surface area contributed by atoms with Gasteiger partial charge in [-0.15, -0.1) is 0 Å². The van der Waals surface area contributed by atoms with Crippen molar-refractivity contribution in [1.29, 1.82) is 0 Å². The molecular weight excluding hydrogens is 293 g/mol. The van der Waals surface area contributed by atoms with Gasteiger partial charge in [-0.05, 0) is 48.5 Å². The highest BCUT2D eigenvalue weighted by molar-refractivity contribution is 5.78. The summed E-state index contributed by atoms with van der Waals surface area (Å²) in [5, 5.41) is 2.85. The molecule has 0 radical (unpaired) electrons. The van der Waals surface area contributed by atoms with Crippen molar-refractivity contribution in [2.24, 2.45) is 0 Å². The second kappa shape index (κ2) is 6.87. The first-order valence-electron chi connectivity index (χ1n) is 7.31. The number of pyridine rings is 1. The van der Waals surface area contributed by atoms with Gasteiger partial charge in [-0.1, -0.05) is 6.07 Å². The number of nitrogens with zero attached hydrogens (tertiary/aromatic N) is 2.